The van der Waals surface area contributed by atoms with Gasteiger partial charge in [-0.05, 0) is 0 Å². The van der Waals surface area contributed by atoms with Crippen LogP contribution in [0.2, 0.25) is 0 Å². The van der Waals surface area contributed by atoms with Crippen LogP contribution in [0.5, 0.6) is 0 Å². The summed E-state index contributed by atoms with van der Waals surface area (Å²) >= 11 is 0. The van der Waals surface area contributed by atoms with E-state index in [-0.39, 0.29) is 19.5 Å². The Balaban J connectivity index is -0.000000143. The van der Waals surface area contributed by atoms with Gasteiger partial charge in [-0.25, -0.2) is 0 Å². The zero-order chi connectivity index (χ0) is 9.98. The number of nitriles is 2. The molecule has 0 aliphatic rings. The summed E-state index contributed by atoms with van der Waals surface area (Å²) in [5.74, 6) is -2.14. The van der Waals surface area contributed by atoms with Gasteiger partial charge in [-0.15, -0.1) is 0 Å². The topological polar surface area (TPSA) is 122 Å². The fraction of sp³-hybridized carbons (Fsp3) is 0.333. The first-order valence-electron chi connectivity index (χ1n) is 2.72. The maximum atomic E-state index is 9.38. The van der Waals surface area contributed by atoms with E-state index in [0.29, 0.717) is 0 Å². The smallest absolute Gasteiger partial charge is 0.317 e. The van der Waals surface area contributed by atoms with Gasteiger partial charge in [-0.2, -0.15) is 10.5 Å². The second kappa shape index (κ2) is 13.2. The summed E-state index contributed by atoms with van der Waals surface area (Å²) < 4.78 is 0. The molecule has 0 spiro atoms. The Labute approximate surface area is 87.1 Å². The maximum absolute atomic E-state index is 9.38. The molecule has 0 rings (SSSR count). The molecule has 0 saturated heterocycles. The van der Waals surface area contributed by atoms with Crippen molar-refractivity contribution in [1.82, 2.24) is 0 Å². The minimum absolute atomic E-state index is 0. The molecular weight excluding hydrogens is 229 g/mol. The number of aliphatic carboxylic acids is 2. The first kappa shape index (κ1) is 17.6. The number of carboxylic acids is 2. The first-order valence-corrected chi connectivity index (χ1v) is 2.72. The number of carbonyl (C=O) groups is 2. The van der Waals surface area contributed by atoms with Crippen LogP contribution in [0.3, 0.4) is 0 Å². The Bertz CT molecular complexity index is 214. The predicted molar refractivity (Wildman–Crippen MR) is 35.7 cm³/mol. The monoisotopic (exact) mass is 234 g/mol. The average Bonchev–Trinajstić information content (AvgIpc) is 1.87. The summed E-state index contributed by atoms with van der Waals surface area (Å²) in [4.78, 5) is 18.8. The Morgan fingerprint density at radius 1 is 1.00 bits per heavy atom. The number of carboxylic acid groups (broad SMARTS) is 2. The van der Waals surface area contributed by atoms with Crippen molar-refractivity contribution in [2.45, 2.75) is 12.8 Å². The van der Waals surface area contributed by atoms with Gasteiger partial charge in [0.05, 0.1) is 12.1 Å². The molecular formula is C6H6N2O4Zn. The predicted octanol–water partition coefficient (Wildman–Crippen LogP) is -0.0331. The Kier molecular flexibility index (Phi) is 17.8. The molecule has 0 aromatic carbocycles. The first-order chi connectivity index (χ1) is 5.54. The van der Waals surface area contributed by atoms with E-state index in [9.17, 15) is 9.59 Å². The van der Waals surface area contributed by atoms with E-state index >= 15 is 0 Å². The normalized spacial score (nSPS) is 6.00. The van der Waals surface area contributed by atoms with Crippen molar-refractivity contribution in [1.29, 1.82) is 10.5 Å². The zero-order valence-electron chi connectivity index (χ0n) is 6.73. The molecule has 0 unspecified atom stereocenters. The van der Waals surface area contributed by atoms with Gasteiger partial charge in [0.1, 0.15) is 12.8 Å². The SMILES string of the molecule is N#CCC(=O)O.N#CCC(=O)O.[Zn]. The minimum atomic E-state index is -1.07. The zero-order valence-corrected chi connectivity index (χ0v) is 9.69. The fourth-order valence-electron chi connectivity index (χ4n) is 0.135. The number of hydrogen-bond donors (Lipinski definition) is 2. The van der Waals surface area contributed by atoms with E-state index in [1.54, 1.807) is 0 Å². The van der Waals surface area contributed by atoms with Crippen molar-refractivity contribution in [3.05, 3.63) is 0 Å². The van der Waals surface area contributed by atoms with Gasteiger partial charge in [-0.1, -0.05) is 0 Å². The summed E-state index contributed by atoms with van der Waals surface area (Å²) in [5, 5.41) is 30.6. The molecule has 0 atom stereocenters. The van der Waals surface area contributed by atoms with Crippen LogP contribution in [0.15, 0.2) is 0 Å². The van der Waals surface area contributed by atoms with Crippen molar-refractivity contribution < 1.29 is 39.3 Å². The van der Waals surface area contributed by atoms with Gasteiger partial charge in [0.25, 0.3) is 0 Å². The van der Waals surface area contributed by atoms with Crippen molar-refractivity contribution in [3.63, 3.8) is 0 Å². The number of nitrogens with zero attached hydrogens (tertiary/aromatic N) is 2. The number of rotatable bonds is 2. The van der Waals surface area contributed by atoms with Gasteiger partial charge in [0.15, 0.2) is 0 Å². The van der Waals surface area contributed by atoms with Gasteiger partial charge in [0, 0.05) is 19.5 Å². The molecule has 0 aliphatic heterocycles. The fourth-order valence-corrected chi connectivity index (χ4v) is 0.135. The van der Waals surface area contributed by atoms with Crippen LogP contribution >= 0.6 is 0 Å². The average molecular weight is 236 g/mol. The van der Waals surface area contributed by atoms with Crippen LogP contribution in [-0.2, 0) is 29.1 Å². The van der Waals surface area contributed by atoms with E-state index in [1.807, 2.05) is 0 Å². The van der Waals surface area contributed by atoms with Crippen LogP contribution in [0.4, 0.5) is 0 Å². The third-order valence-electron chi connectivity index (χ3n) is 0.461. The second-order valence-corrected chi connectivity index (χ2v) is 1.46. The Morgan fingerprint density at radius 3 is 1.23 bits per heavy atom. The van der Waals surface area contributed by atoms with Gasteiger partial charge in [-0.3, -0.25) is 9.59 Å². The van der Waals surface area contributed by atoms with E-state index in [0.717, 1.165) is 0 Å². The van der Waals surface area contributed by atoms with Gasteiger partial charge in [0.2, 0.25) is 0 Å². The summed E-state index contributed by atoms with van der Waals surface area (Å²) in [6.07, 6.45) is -0.806. The van der Waals surface area contributed by atoms with Crippen molar-refractivity contribution in [2.75, 3.05) is 0 Å². The van der Waals surface area contributed by atoms with Crippen LogP contribution in [0, 0.1) is 22.7 Å². The molecule has 13 heavy (non-hydrogen) atoms. The largest absolute Gasteiger partial charge is 0.480 e. The molecule has 0 amide bonds. The second-order valence-electron chi connectivity index (χ2n) is 1.46. The molecule has 0 aromatic heterocycles. The quantitative estimate of drug-likeness (QED) is 0.648. The molecule has 7 heteroatoms. The van der Waals surface area contributed by atoms with E-state index in [4.69, 9.17) is 20.7 Å². The summed E-state index contributed by atoms with van der Waals surface area (Å²) in [5.41, 5.74) is 0. The molecule has 0 bridgehead atoms. The summed E-state index contributed by atoms with van der Waals surface area (Å²) in [7, 11) is 0. The molecule has 0 fully saturated rings. The molecule has 0 aromatic rings. The molecule has 0 heterocycles. The minimum Gasteiger partial charge on any atom is -0.480 e. The number of hydrogen-bond acceptors (Lipinski definition) is 4. The van der Waals surface area contributed by atoms with E-state index < -0.39 is 24.8 Å². The van der Waals surface area contributed by atoms with Crippen LogP contribution in [0.1, 0.15) is 12.8 Å². The van der Waals surface area contributed by atoms with Crippen molar-refractivity contribution in [2.24, 2.45) is 0 Å². The van der Waals surface area contributed by atoms with E-state index in [2.05, 4.69) is 0 Å². The summed E-state index contributed by atoms with van der Waals surface area (Å²) in [6.45, 7) is 0. The summed E-state index contributed by atoms with van der Waals surface area (Å²) in [6, 6.07) is 2.94. The van der Waals surface area contributed by atoms with Gasteiger partial charge < -0.3 is 10.2 Å². The van der Waals surface area contributed by atoms with Gasteiger partial charge >= 0.3 is 11.9 Å². The maximum Gasteiger partial charge on any atom is 0.317 e. The molecule has 66 valence electrons. The van der Waals surface area contributed by atoms with Crippen molar-refractivity contribution >= 4 is 11.9 Å². The van der Waals surface area contributed by atoms with Crippen LogP contribution in [0.25, 0.3) is 0 Å². The molecule has 0 saturated carbocycles. The van der Waals surface area contributed by atoms with Crippen LogP contribution < -0.4 is 0 Å². The third kappa shape index (κ3) is 37.3. The van der Waals surface area contributed by atoms with Crippen molar-refractivity contribution in [3.8, 4) is 12.1 Å². The molecule has 0 radical (unpaired) electrons. The molecule has 0 aliphatic carbocycles. The van der Waals surface area contributed by atoms with Crippen LogP contribution in [-0.4, -0.2) is 22.2 Å². The molecule has 6 nitrogen and oxygen atoms in total. The standard InChI is InChI=1S/2C3H3NO2.Zn/c2*4-2-1-3(5)6;/h2*1H2,(H,5,6);. The Hall–Kier alpha value is -1.46. The van der Waals surface area contributed by atoms with E-state index in [1.165, 1.54) is 12.1 Å². The Morgan fingerprint density at radius 2 is 1.23 bits per heavy atom. The molecule has 2 N–H and O–H groups in total. The third-order valence-corrected chi connectivity index (χ3v) is 0.461.